The van der Waals surface area contributed by atoms with Crippen molar-refractivity contribution in [3.05, 3.63) is 89.0 Å². The maximum atomic E-state index is 15.1. The van der Waals surface area contributed by atoms with Crippen LogP contribution in [0.4, 0.5) is 0 Å². The third-order valence-electron chi connectivity index (χ3n) is 8.62. The van der Waals surface area contributed by atoms with Crippen molar-refractivity contribution in [1.82, 2.24) is 0 Å². The van der Waals surface area contributed by atoms with Crippen molar-refractivity contribution in [3.8, 4) is 5.75 Å². The van der Waals surface area contributed by atoms with Gasteiger partial charge in [-0.25, -0.2) is 0 Å². The van der Waals surface area contributed by atoms with Gasteiger partial charge in [-0.3, -0.25) is 0 Å². The van der Waals surface area contributed by atoms with Crippen LogP contribution < -0.4 is 15.3 Å². The summed E-state index contributed by atoms with van der Waals surface area (Å²) < 4.78 is 21.9. The third-order valence-corrected chi connectivity index (χ3v) is 11.6. The fraction of sp³-hybridized carbons (Fsp3) is 0.455. The molecule has 3 aromatic rings. The van der Waals surface area contributed by atoms with Crippen molar-refractivity contribution in [2.24, 2.45) is 0 Å². The van der Waals surface area contributed by atoms with Crippen LogP contribution in [0, 0.1) is 13.8 Å². The molecule has 0 aliphatic carbocycles. The van der Waals surface area contributed by atoms with Crippen molar-refractivity contribution in [2.75, 3.05) is 0 Å². The van der Waals surface area contributed by atoms with E-state index in [9.17, 15) is 0 Å². The molecule has 0 radical (unpaired) electrons. The Bertz CT molecular complexity index is 1150. The monoisotopic (exact) mass is 504 g/mol. The highest BCUT2D eigenvalue weighted by molar-refractivity contribution is 7.78. The Labute approximate surface area is 219 Å². The number of hydrogen-bond donors (Lipinski definition) is 0. The highest BCUT2D eigenvalue weighted by atomic mass is 31.2. The van der Waals surface area contributed by atoms with Crippen LogP contribution in [0.5, 0.6) is 5.75 Å². The zero-order chi connectivity index (χ0) is 26.6. The molecule has 0 saturated carbocycles. The van der Waals surface area contributed by atoms with Crippen LogP contribution in [0.2, 0.25) is 0 Å². The standard InChI is InChI=1S/C33H45O2P/c1-9-32(7,10-2)30-23-25(5)31(35-33(8,11-3)12-4)26(6)29(30)24-36(34,27-19-15-13-16-20-27)28-21-17-14-18-22-28/h13-23H,9-12,24H2,1-8H3. The van der Waals surface area contributed by atoms with E-state index < -0.39 is 7.14 Å². The molecule has 0 aliphatic heterocycles. The van der Waals surface area contributed by atoms with E-state index in [1.165, 1.54) is 16.7 Å². The molecule has 0 heterocycles. The van der Waals surface area contributed by atoms with Gasteiger partial charge in [-0.2, -0.15) is 0 Å². The Balaban J connectivity index is 2.32. The maximum absolute atomic E-state index is 15.1. The SMILES string of the molecule is CCC(C)(CC)Oc1c(C)cc(C(C)(CC)CC)c(CP(=O)(c2ccccc2)c2ccccc2)c1C. The molecule has 0 spiro atoms. The highest BCUT2D eigenvalue weighted by Gasteiger charge is 2.35. The van der Waals surface area contributed by atoms with Crippen molar-refractivity contribution >= 4 is 17.8 Å². The van der Waals surface area contributed by atoms with E-state index in [0.29, 0.717) is 6.16 Å². The normalized spacial score (nSPS) is 12.6. The molecule has 3 aromatic carbocycles. The van der Waals surface area contributed by atoms with Gasteiger partial charge in [0.25, 0.3) is 0 Å². The lowest BCUT2D eigenvalue weighted by molar-refractivity contribution is 0.0784. The van der Waals surface area contributed by atoms with Gasteiger partial charge in [-0.05, 0) is 74.1 Å². The lowest BCUT2D eigenvalue weighted by Crippen LogP contribution is -2.32. The van der Waals surface area contributed by atoms with Crippen LogP contribution in [0.25, 0.3) is 0 Å². The summed E-state index contributed by atoms with van der Waals surface area (Å²) in [5.41, 5.74) is 4.58. The first-order valence-corrected chi connectivity index (χ1v) is 15.5. The average molecular weight is 505 g/mol. The van der Waals surface area contributed by atoms with E-state index in [-0.39, 0.29) is 11.0 Å². The fourth-order valence-corrected chi connectivity index (χ4v) is 7.89. The van der Waals surface area contributed by atoms with Gasteiger partial charge in [0.2, 0.25) is 0 Å². The van der Waals surface area contributed by atoms with E-state index in [4.69, 9.17) is 4.74 Å². The Morgan fingerprint density at radius 1 is 0.750 bits per heavy atom. The Morgan fingerprint density at radius 2 is 1.22 bits per heavy atom. The summed E-state index contributed by atoms with van der Waals surface area (Å²) in [6.45, 7) is 17.8. The first-order valence-electron chi connectivity index (χ1n) is 13.6. The molecule has 0 unspecified atom stereocenters. The van der Waals surface area contributed by atoms with Gasteiger partial charge < -0.3 is 9.30 Å². The molecule has 0 aromatic heterocycles. The van der Waals surface area contributed by atoms with Gasteiger partial charge in [0.05, 0.1) is 0 Å². The quantitative estimate of drug-likeness (QED) is 0.244. The molecule has 0 fully saturated rings. The number of rotatable bonds is 11. The number of benzene rings is 3. The van der Waals surface area contributed by atoms with Crippen molar-refractivity contribution in [1.29, 1.82) is 0 Å². The van der Waals surface area contributed by atoms with Crippen LogP contribution in [0.15, 0.2) is 66.7 Å². The highest BCUT2D eigenvalue weighted by Crippen LogP contribution is 2.51. The van der Waals surface area contributed by atoms with E-state index in [1.807, 2.05) is 60.7 Å². The summed E-state index contributed by atoms with van der Waals surface area (Å²) in [6.07, 6.45) is 4.42. The number of ether oxygens (including phenoxy) is 1. The minimum absolute atomic E-state index is 0.000402. The third kappa shape index (κ3) is 5.50. The maximum Gasteiger partial charge on any atom is 0.147 e. The summed E-state index contributed by atoms with van der Waals surface area (Å²) in [4.78, 5) is 0. The van der Waals surface area contributed by atoms with E-state index in [0.717, 1.165) is 47.6 Å². The summed E-state index contributed by atoms with van der Waals surface area (Å²) >= 11 is 0. The first-order chi connectivity index (χ1) is 17.1. The van der Waals surface area contributed by atoms with Crippen LogP contribution >= 0.6 is 7.14 Å². The van der Waals surface area contributed by atoms with Crippen molar-refractivity contribution in [3.63, 3.8) is 0 Å². The van der Waals surface area contributed by atoms with Crippen LogP contribution in [-0.2, 0) is 16.1 Å². The van der Waals surface area contributed by atoms with Crippen molar-refractivity contribution < 1.29 is 9.30 Å². The first kappa shape index (κ1) is 28.3. The lowest BCUT2D eigenvalue weighted by atomic mass is 9.74. The molecular formula is C33H45O2P. The van der Waals surface area contributed by atoms with Gasteiger partial charge in [-0.15, -0.1) is 0 Å². The molecule has 3 heteroatoms. The topological polar surface area (TPSA) is 26.3 Å². The average Bonchev–Trinajstić information content (AvgIpc) is 2.92. The molecule has 2 nitrogen and oxygen atoms in total. The molecule has 0 aliphatic rings. The Kier molecular flexibility index (Phi) is 8.94. The predicted molar refractivity (Wildman–Crippen MR) is 157 cm³/mol. The molecule has 3 rings (SSSR count). The predicted octanol–water partition coefficient (Wildman–Crippen LogP) is 8.85. The summed E-state index contributed by atoms with van der Waals surface area (Å²) in [7, 11) is -2.95. The second-order valence-corrected chi connectivity index (χ2v) is 13.6. The Hall–Kier alpha value is -2.31. The molecular weight excluding hydrogens is 459 g/mol. The minimum Gasteiger partial charge on any atom is -0.487 e. The van der Waals surface area contributed by atoms with Gasteiger partial charge in [0.15, 0.2) is 0 Å². The fourth-order valence-electron chi connectivity index (χ4n) is 5.07. The molecule has 0 N–H and O–H groups in total. The number of aryl methyl sites for hydroxylation is 1. The lowest BCUT2D eigenvalue weighted by Gasteiger charge is -2.36. The van der Waals surface area contributed by atoms with E-state index in [2.05, 4.69) is 61.5 Å². The van der Waals surface area contributed by atoms with E-state index in [1.54, 1.807) is 0 Å². The van der Waals surface area contributed by atoms with Gasteiger partial charge in [0, 0.05) is 16.8 Å². The van der Waals surface area contributed by atoms with Crippen LogP contribution in [0.3, 0.4) is 0 Å². The molecule has 194 valence electrons. The van der Waals surface area contributed by atoms with Gasteiger partial charge in [-0.1, -0.05) is 101 Å². The minimum atomic E-state index is -2.95. The van der Waals surface area contributed by atoms with Gasteiger partial charge >= 0.3 is 0 Å². The number of hydrogen-bond acceptors (Lipinski definition) is 2. The molecule has 0 saturated heterocycles. The molecule has 0 atom stereocenters. The summed E-state index contributed by atoms with van der Waals surface area (Å²) in [6, 6.07) is 22.4. The second-order valence-electron chi connectivity index (χ2n) is 10.8. The summed E-state index contributed by atoms with van der Waals surface area (Å²) in [5, 5.41) is 1.82. The molecule has 0 amide bonds. The smallest absolute Gasteiger partial charge is 0.147 e. The Morgan fingerprint density at radius 3 is 1.64 bits per heavy atom. The largest absolute Gasteiger partial charge is 0.487 e. The molecule has 0 bridgehead atoms. The van der Waals surface area contributed by atoms with Crippen LogP contribution in [-0.4, -0.2) is 5.60 Å². The second kappa shape index (κ2) is 11.4. The van der Waals surface area contributed by atoms with E-state index >= 15 is 4.57 Å². The van der Waals surface area contributed by atoms with Gasteiger partial charge in [0.1, 0.15) is 18.5 Å². The molecule has 36 heavy (non-hydrogen) atoms. The van der Waals surface area contributed by atoms with Crippen LogP contribution in [0.1, 0.15) is 89.5 Å². The zero-order valence-corrected chi connectivity index (χ0v) is 24.5. The summed E-state index contributed by atoms with van der Waals surface area (Å²) in [5.74, 6) is 0.960. The zero-order valence-electron chi connectivity index (χ0n) is 23.7. The van der Waals surface area contributed by atoms with Crippen molar-refractivity contribution in [2.45, 2.75) is 98.3 Å².